The minimum Gasteiger partial charge on any atom is -0.411 e. The highest BCUT2D eigenvalue weighted by molar-refractivity contribution is 7.99. The minimum absolute atomic E-state index is 0.140. The van der Waals surface area contributed by atoms with Crippen molar-refractivity contribution < 1.29 is 9.21 Å². The Morgan fingerprint density at radius 1 is 1.27 bits per heavy atom. The average molecular weight is 370 g/mol. The number of aromatic nitrogens is 3. The summed E-state index contributed by atoms with van der Waals surface area (Å²) in [5, 5.41) is 9.71. The highest BCUT2D eigenvalue weighted by Gasteiger charge is 2.29. The second kappa shape index (κ2) is 7.15. The van der Waals surface area contributed by atoms with E-state index in [1.165, 1.54) is 18.2 Å². The van der Waals surface area contributed by atoms with Crippen LogP contribution in [0, 0.1) is 0 Å². The summed E-state index contributed by atoms with van der Waals surface area (Å²) in [6.45, 7) is 4.25. The van der Waals surface area contributed by atoms with Crippen LogP contribution in [0.4, 0.5) is 0 Å². The molecule has 1 saturated heterocycles. The van der Waals surface area contributed by atoms with Gasteiger partial charge in [-0.05, 0) is 39.2 Å². The maximum absolute atomic E-state index is 12.6. The number of H-pyrrole nitrogens is 1. The lowest BCUT2D eigenvalue weighted by molar-refractivity contribution is -0.134. The fraction of sp³-hybridized carbons (Fsp3) is 0.421. The Balaban J connectivity index is 1.45. The zero-order valence-electron chi connectivity index (χ0n) is 14.9. The number of para-hydroxylation sites is 1. The number of amides is 1. The van der Waals surface area contributed by atoms with Crippen LogP contribution < -0.4 is 0 Å². The van der Waals surface area contributed by atoms with Crippen LogP contribution in [0.25, 0.3) is 22.4 Å². The van der Waals surface area contributed by atoms with E-state index < -0.39 is 0 Å². The molecule has 6 nitrogen and oxygen atoms in total. The number of likely N-dealkylation sites (tertiary alicyclic amines) is 1. The van der Waals surface area contributed by atoms with Crippen LogP contribution in [0.3, 0.4) is 0 Å². The molecule has 1 aliphatic rings. The first-order chi connectivity index (χ1) is 12.6. The topological polar surface area (TPSA) is 75.0 Å². The van der Waals surface area contributed by atoms with Crippen LogP contribution in [0.5, 0.6) is 0 Å². The smallest absolute Gasteiger partial charge is 0.277 e. The maximum atomic E-state index is 12.6. The number of hydrogen-bond donors (Lipinski definition) is 1. The highest BCUT2D eigenvalue weighted by Crippen LogP contribution is 2.30. The lowest BCUT2D eigenvalue weighted by atomic mass is 9.98. The third-order valence-corrected chi connectivity index (χ3v) is 5.83. The van der Waals surface area contributed by atoms with Crippen molar-refractivity contribution in [1.29, 1.82) is 0 Å². The minimum atomic E-state index is 0.140. The Morgan fingerprint density at radius 3 is 2.85 bits per heavy atom. The predicted octanol–water partition coefficient (Wildman–Crippen LogP) is 4.10. The van der Waals surface area contributed by atoms with Crippen LogP contribution in [0.15, 0.2) is 40.1 Å². The molecule has 4 rings (SSSR count). The third-order valence-electron chi connectivity index (χ3n) is 5.03. The molecule has 0 spiro atoms. The Bertz CT molecular complexity index is 909. The molecule has 0 saturated carbocycles. The normalized spacial score (nSPS) is 20.6. The van der Waals surface area contributed by atoms with Crippen LogP contribution in [0.1, 0.15) is 33.1 Å². The summed E-state index contributed by atoms with van der Waals surface area (Å²) < 4.78 is 5.78. The van der Waals surface area contributed by atoms with E-state index in [1.54, 1.807) is 0 Å². The molecule has 26 heavy (non-hydrogen) atoms. The predicted molar refractivity (Wildman–Crippen MR) is 102 cm³/mol. The largest absolute Gasteiger partial charge is 0.411 e. The zero-order chi connectivity index (χ0) is 18.1. The molecule has 0 bridgehead atoms. The van der Waals surface area contributed by atoms with Crippen molar-refractivity contribution in [2.24, 2.45) is 0 Å². The van der Waals surface area contributed by atoms with E-state index in [9.17, 15) is 4.79 Å². The number of fused-ring (bicyclic) bond motifs is 1. The molecule has 1 N–H and O–H groups in total. The van der Waals surface area contributed by atoms with Gasteiger partial charge in [-0.1, -0.05) is 30.0 Å². The van der Waals surface area contributed by atoms with Crippen molar-refractivity contribution in [3.05, 3.63) is 30.5 Å². The van der Waals surface area contributed by atoms with Gasteiger partial charge in [0.1, 0.15) is 0 Å². The number of hydrogen-bond acceptors (Lipinski definition) is 5. The number of rotatable bonds is 4. The van der Waals surface area contributed by atoms with E-state index in [4.69, 9.17) is 4.42 Å². The van der Waals surface area contributed by atoms with Crippen LogP contribution in [0.2, 0.25) is 0 Å². The summed E-state index contributed by atoms with van der Waals surface area (Å²) in [7, 11) is 0. The molecule has 7 heteroatoms. The average Bonchev–Trinajstić information content (AvgIpc) is 3.26. The standard InChI is InChI=1S/C19H22N4O2S/c1-12-6-5-7-13(2)23(12)17(24)11-26-19-22-21-18(25-19)15-10-20-16-9-4-3-8-14(15)16/h3-4,8-10,12-13,20H,5-7,11H2,1-2H3/t12-,13+. The molecule has 0 aliphatic carbocycles. The number of thioether (sulfide) groups is 1. The molecule has 3 aromatic rings. The van der Waals surface area contributed by atoms with Gasteiger partial charge >= 0.3 is 0 Å². The van der Waals surface area contributed by atoms with E-state index in [2.05, 4.69) is 29.0 Å². The first-order valence-corrected chi connectivity index (χ1v) is 9.96. The highest BCUT2D eigenvalue weighted by atomic mass is 32.2. The molecule has 136 valence electrons. The van der Waals surface area contributed by atoms with E-state index >= 15 is 0 Å². The van der Waals surface area contributed by atoms with Crippen molar-refractivity contribution in [1.82, 2.24) is 20.1 Å². The van der Waals surface area contributed by atoms with Gasteiger partial charge in [0.2, 0.25) is 5.91 Å². The maximum Gasteiger partial charge on any atom is 0.277 e. The van der Waals surface area contributed by atoms with Gasteiger partial charge in [0.05, 0.1) is 11.3 Å². The Kier molecular flexibility index (Phi) is 4.72. The molecular formula is C19H22N4O2S. The lowest BCUT2D eigenvalue weighted by Crippen LogP contribution is -2.48. The second-order valence-electron chi connectivity index (χ2n) is 6.84. The molecule has 1 fully saturated rings. The molecule has 0 radical (unpaired) electrons. The molecule has 2 aromatic heterocycles. The summed E-state index contributed by atoms with van der Waals surface area (Å²) in [6.07, 6.45) is 5.21. The third kappa shape index (κ3) is 3.23. The van der Waals surface area contributed by atoms with Gasteiger partial charge < -0.3 is 14.3 Å². The molecule has 2 atom stereocenters. The van der Waals surface area contributed by atoms with Gasteiger partial charge in [-0.3, -0.25) is 4.79 Å². The fourth-order valence-electron chi connectivity index (χ4n) is 3.74. The van der Waals surface area contributed by atoms with Crippen molar-refractivity contribution in [2.45, 2.75) is 50.4 Å². The van der Waals surface area contributed by atoms with E-state index in [0.717, 1.165) is 29.3 Å². The summed E-state index contributed by atoms with van der Waals surface area (Å²) in [4.78, 5) is 17.8. The number of piperidine rings is 1. The molecule has 1 aliphatic heterocycles. The quantitative estimate of drug-likeness (QED) is 0.700. The van der Waals surface area contributed by atoms with Gasteiger partial charge in [-0.2, -0.15) is 0 Å². The Morgan fingerprint density at radius 2 is 2.04 bits per heavy atom. The first-order valence-electron chi connectivity index (χ1n) is 8.97. The Labute approximate surface area is 156 Å². The second-order valence-corrected chi connectivity index (χ2v) is 7.77. The van der Waals surface area contributed by atoms with E-state index in [0.29, 0.717) is 29.0 Å². The van der Waals surface area contributed by atoms with E-state index in [1.807, 2.05) is 35.4 Å². The summed E-state index contributed by atoms with van der Waals surface area (Å²) >= 11 is 1.31. The van der Waals surface area contributed by atoms with Gasteiger partial charge in [0.25, 0.3) is 11.1 Å². The monoisotopic (exact) mass is 370 g/mol. The van der Waals surface area contributed by atoms with Crippen LogP contribution in [-0.4, -0.2) is 43.8 Å². The van der Waals surface area contributed by atoms with Gasteiger partial charge in [0, 0.05) is 29.2 Å². The van der Waals surface area contributed by atoms with Crippen molar-refractivity contribution in [3.63, 3.8) is 0 Å². The molecule has 1 amide bonds. The molecule has 1 aromatic carbocycles. The van der Waals surface area contributed by atoms with Crippen molar-refractivity contribution in [2.75, 3.05) is 5.75 Å². The van der Waals surface area contributed by atoms with Gasteiger partial charge in [-0.25, -0.2) is 0 Å². The van der Waals surface area contributed by atoms with Gasteiger partial charge in [-0.15, -0.1) is 10.2 Å². The van der Waals surface area contributed by atoms with E-state index in [-0.39, 0.29) is 5.91 Å². The number of nitrogens with one attached hydrogen (secondary N) is 1. The summed E-state index contributed by atoms with van der Waals surface area (Å²) in [6, 6.07) is 8.58. The van der Waals surface area contributed by atoms with Gasteiger partial charge in [0.15, 0.2) is 0 Å². The summed E-state index contributed by atoms with van der Waals surface area (Å²) in [5.74, 6) is 0.933. The molecule has 3 heterocycles. The summed E-state index contributed by atoms with van der Waals surface area (Å²) in [5.41, 5.74) is 1.91. The van der Waals surface area contributed by atoms with Crippen molar-refractivity contribution >= 4 is 28.6 Å². The van der Waals surface area contributed by atoms with Crippen molar-refractivity contribution in [3.8, 4) is 11.5 Å². The first kappa shape index (κ1) is 17.1. The fourth-order valence-corrected chi connectivity index (χ4v) is 4.37. The molecular weight excluding hydrogens is 348 g/mol. The van der Waals surface area contributed by atoms with Crippen LogP contribution in [-0.2, 0) is 4.79 Å². The number of carbonyl (C=O) groups is 1. The number of aromatic amines is 1. The lowest BCUT2D eigenvalue weighted by Gasteiger charge is -2.39. The number of carbonyl (C=O) groups excluding carboxylic acids is 1. The van der Waals surface area contributed by atoms with Crippen LogP contribution >= 0.6 is 11.8 Å². The number of benzene rings is 1. The Hall–Kier alpha value is -2.28. The SMILES string of the molecule is C[C@@H]1CCC[C@H](C)N1C(=O)CSc1nnc(-c2c[nH]c3ccccc23)o1. The molecule has 0 unspecified atom stereocenters. The zero-order valence-corrected chi connectivity index (χ0v) is 15.8. The number of nitrogens with zero attached hydrogens (tertiary/aromatic N) is 3.